The van der Waals surface area contributed by atoms with Crippen LogP contribution in [0.5, 0.6) is 0 Å². The Hall–Kier alpha value is -1.20. The Labute approximate surface area is 126 Å². The van der Waals surface area contributed by atoms with E-state index in [2.05, 4.69) is 6.58 Å². The van der Waals surface area contributed by atoms with Crippen molar-refractivity contribution >= 4 is 0 Å². The summed E-state index contributed by atoms with van der Waals surface area (Å²) in [5, 5.41) is 38.8. The summed E-state index contributed by atoms with van der Waals surface area (Å²) >= 11 is 0. The molecule has 4 heteroatoms. The third-order valence-corrected chi connectivity index (χ3v) is 3.48. The number of hydrogen-bond acceptors (Lipinski definition) is 4. The molecule has 0 aliphatic heterocycles. The lowest BCUT2D eigenvalue weighted by molar-refractivity contribution is 0.0238. The fourth-order valence-corrected chi connectivity index (χ4v) is 2.29. The van der Waals surface area contributed by atoms with Gasteiger partial charge in [-0.25, -0.2) is 0 Å². The second-order valence-corrected chi connectivity index (χ2v) is 5.50. The van der Waals surface area contributed by atoms with Crippen molar-refractivity contribution in [3.8, 4) is 0 Å². The van der Waals surface area contributed by atoms with E-state index < -0.39 is 24.4 Å². The van der Waals surface area contributed by atoms with Crippen LogP contribution in [0.25, 0.3) is 0 Å². The summed E-state index contributed by atoms with van der Waals surface area (Å²) in [4.78, 5) is 0. The highest BCUT2D eigenvalue weighted by molar-refractivity contribution is 5.14. The fourth-order valence-electron chi connectivity index (χ4n) is 2.29. The van der Waals surface area contributed by atoms with E-state index in [1.165, 1.54) is 6.08 Å². The van der Waals surface area contributed by atoms with Crippen LogP contribution in [0.2, 0.25) is 0 Å². The average Bonchev–Trinajstić information content (AvgIpc) is 2.45. The van der Waals surface area contributed by atoms with Crippen LogP contribution in [-0.4, -0.2) is 44.8 Å². The predicted octanol–water partition coefficient (Wildman–Crippen LogP) is 1.42. The van der Waals surface area contributed by atoms with Gasteiger partial charge in [0, 0.05) is 6.42 Å². The zero-order valence-electron chi connectivity index (χ0n) is 12.3. The molecule has 0 aliphatic carbocycles. The molecule has 0 unspecified atom stereocenters. The summed E-state index contributed by atoms with van der Waals surface area (Å²) in [5.41, 5.74) is 1.15. The highest BCUT2D eigenvalue weighted by Crippen LogP contribution is 2.13. The van der Waals surface area contributed by atoms with E-state index in [1.54, 1.807) is 0 Å². The van der Waals surface area contributed by atoms with E-state index in [0.29, 0.717) is 6.42 Å². The molecule has 0 saturated carbocycles. The summed E-state index contributed by atoms with van der Waals surface area (Å²) in [7, 11) is 0. The number of aliphatic hydroxyl groups excluding tert-OH is 4. The first-order valence-corrected chi connectivity index (χ1v) is 7.40. The van der Waals surface area contributed by atoms with Crippen LogP contribution in [0.1, 0.15) is 31.2 Å². The lowest BCUT2D eigenvalue weighted by atomic mass is 9.98. The first-order valence-electron chi connectivity index (χ1n) is 7.40. The molecule has 21 heavy (non-hydrogen) atoms. The van der Waals surface area contributed by atoms with Crippen molar-refractivity contribution in [2.45, 2.75) is 56.5 Å². The largest absolute Gasteiger partial charge is 0.393 e. The minimum Gasteiger partial charge on any atom is -0.393 e. The normalized spacial score (nSPS) is 17.0. The molecular formula is C17H26O4. The van der Waals surface area contributed by atoms with Crippen LogP contribution >= 0.6 is 0 Å². The van der Waals surface area contributed by atoms with Crippen LogP contribution in [0.4, 0.5) is 0 Å². The Morgan fingerprint density at radius 2 is 1.43 bits per heavy atom. The SMILES string of the molecule is C=C[C@@H](O)C[C@@H](O)C[C@@H](O)C[C@@H](O)CCc1ccccc1. The van der Waals surface area contributed by atoms with Gasteiger partial charge in [0.05, 0.1) is 24.4 Å². The standard InChI is InChI=1S/C17H26O4/c1-2-14(18)10-16(20)12-17(21)11-15(19)9-8-13-6-4-3-5-7-13/h2-7,14-21H,1,8-12H2/t14-,15+,16-,17+/m1/s1. The Kier molecular flexibility index (Phi) is 8.23. The minimum atomic E-state index is -0.797. The van der Waals surface area contributed by atoms with Crippen molar-refractivity contribution in [2.75, 3.05) is 0 Å². The molecule has 4 N–H and O–H groups in total. The molecule has 1 aromatic carbocycles. The third kappa shape index (κ3) is 7.97. The number of aliphatic hydroxyl groups is 4. The summed E-state index contributed by atoms with van der Waals surface area (Å²) in [6, 6.07) is 9.87. The Morgan fingerprint density at radius 3 is 2.05 bits per heavy atom. The Balaban J connectivity index is 2.23. The Morgan fingerprint density at radius 1 is 0.857 bits per heavy atom. The molecule has 4 atom stereocenters. The quantitative estimate of drug-likeness (QED) is 0.492. The monoisotopic (exact) mass is 294 g/mol. The molecule has 0 heterocycles. The first kappa shape index (κ1) is 17.9. The van der Waals surface area contributed by atoms with E-state index in [4.69, 9.17) is 0 Å². The van der Waals surface area contributed by atoms with Crippen molar-refractivity contribution in [3.63, 3.8) is 0 Å². The molecule has 4 nitrogen and oxygen atoms in total. The molecule has 1 rings (SSSR count). The van der Waals surface area contributed by atoms with Crippen LogP contribution in [0, 0.1) is 0 Å². The van der Waals surface area contributed by atoms with Gasteiger partial charge in [-0.3, -0.25) is 0 Å². The van der Waals surface area contributed by atoms with Gasteiger partial charge >= 0.3 is 0 Å². The topological polar surface area (TPSA) is 80.9 Å². The van der Waals surface area contributed by atoms with Crippen LogP contribution < -0.4 is 0 Å². The lowest BCUT2D eigenvalue weighted by Crippen LogP contribution is -2.25. The summed E-state index contributed by atoms with van der Waals surface area (Å²) in [6.07, 6.45) is 0.273. The van der Waals surface area contributed by atoms with Crippen molar-refractivity contribution in [3.05, 3.63) is 48.6 Å². The molecular weight excluding hydrogens is 268 g/mol. The number of benzene rings is 1. The first-order chi connectivity index (χ1) is 10.0. The van der Waals surface area contributed by atoms with Gasteiger partial charge in [0.25, 0.3) is 0 Å². The van der Waals surface area contributed by atoms with E-state index >= 15 is 0 Å². The van der Waals surface area contributed by atoms with E-state index in [1.807, 2.05) is 30.3 Å². The summed E-state index contributed by atoms with van der Waals surface area (Å²) in [6.45, 7) is 3.43. The second-order valence-electron chi connectivity index (χ2n) is 5.50. The summed E-state index contributed by atoms with van der Waals surface area (Å²) in [5.74, 6) is 0. The number of rotatable bonds is 10. The van der Waals surface area contributed by atoms with Gasteiger partial charge in [0.15, 0.2) is 0 Å². The van der Waals surface area contributed by atoms with Gasteiger partial charge in [0.2, 0.25) is 0 Å². The molecule has 0 spiro atoms. The highest BCUT2D eigenvalue weighted by atomic mass is 16.3. The van der Waals surface area contributed by atoms with Gasteiger partial charge in [-0.05, 0) is 31.2 Å². The van der Waals surface area contributed by atoms with Crippen LogP contribution in [0.3, 0.4) is 0 Å². The molecule has 1 aromatic rings. The second kappa shape index (κ2) is 9.68. The van der Waals surface area contributed by atoms with Gasteiger partial charge < -0.3 is 20.4 Å². The maximum absolute atomic E-state index is 9.91. The zero-order chi connectivity index (χ0) is 15.7. The van der Waals surface area contributed by atoms with E-state index in [-0.39, 0.29) is 19.3 Å². The maximum atomic E-state index is 9.91. The molecule has 118 valence electrons. The fraction of sp³-hybridized carbons (Fsp3) is 0.529. The molecule has 0 fully saturated rings. The predicted molar refractivity (Wildman–Crippen MR) is 82.8 cm³/mol. The lowest BCUT2D eigenvalue weighted by Gasteiger charge is -2.19. The van der Waals surface area contributed by atoms with Crippen LogP contribution in [0.15, 0.2) is 43.0 Å². The summed E-state index contributed by atoms with van der Waals surface area (Å²) < 4.78 is 0. The number of hydrogen-bond donors (Lipinski definition) is 4. The molecule has 0 aliphatic rings. The molecule has 0 saturated heterocycles. The molecule has 0 amide bonds. The molecule has 0 bridgehead atoms. The van der Waals surface area contributed by atoms with E-state index in [0.717, 1.165) is 12.0 Å². The number of aryl methyl sites for hydroxylation is 1. The highest BCUT2D eigenvalue weighted by Gasteiger charge is 2.17. The van der Waals surface area contributed by atoms with Gasteiger partial charge in [-0.15, -0.1) is 6.58 Å². The molecule has 0 radical (unpaired) electrons. The minimum absolute atomic E-state index is 0.146. The van der Waals surface area contributed by atoms with E-state index in [9.17, 15) is 20.4 Å². The van der Waals surface area contributed by atoms with Crippen molar-refractivity contribution in [1.29, 1.82) is 0 Å². The van der Waals surface area contributed by atoms with Crippen molar-refractivity contribution in [2.24, 2.45) is 0 Å². The average molecular weight is 294 g/mol. The smallest absolute Gasteiger partial charge is 0.0742 e. The maximum Gasteiger partial charge on any atom is 0.0742 e. The van der Waals surface area contributed by atoms with Crippen molar-refractivity contribution in [1.82, 2.24) is 0 Å². The van der Waals surface area contributed by atoms with Crippen LogP contribution in [-0.2, 0) is 6.42 Å². The van der Waals surface area contributed by atoms with Gasteiger partial charge in [-0.2, -0.15) is 0 Å². The molecule has 0 aromatic heterocycles. The van der Waals surface area contributed by atoms with Gasteiger partial charge in [0.1, 0.15) is 0 Å². The zero-order valence-corrected chi connectivity index (χ0v) is 12.3. The Bertz CT molecular complexity index is 393. The van der Waals surface area contributed by atoms with Crippen molar-refractivity contribution < 1.29 is 20.4 Å². The third-order valence-electron chi connectivity index (χ3n) is 3.48. The van der Waals surface area contributed by atoms with Gasteiger partial charge in [-0.1, -0.05) is 36.4 Å².